The number of rotatable bonds is 5. The number of hydrogen-bond acceptors (Lipinski definition) is 3. The first kappa shape index (κ1) is 14.6. The molecule has 0 spiro atoms. The molecule has 22 heavy (non-hydrogen) atoms. The molecule has 3 rings (SSSR count). The van der Waals surface area contributed by atoms with Crippen molar-refractivity contribution in [1.82, 2.24) is 10.2 Å². The Balaban J connectivity index is 1.47. The highest BCUT2D eigenvalue weighted by Gasteiger charge is 2.20. The topological polar surface area (TPSA) is 78.5 Å². The number of anilines is 1. The largest absolute Gasteiger partial charge is 0.352 e. The van der Waals surface area contributed by atoms with Crippen LogP contribution in [0.2, 0.25) is 0 Å². The molecule has 6 nitrogen and oxygen atoms in total. The molecule has 2 N–H and O–H groups in total. The van der Waals surface area contributed by atoms with Crippen LogP contribution in [0.5, 0.6) is 0 Å². The van der Waals surface area contributed by atoms with Gasteiger partial charge in [-0.25, -0.2) is 0 Å². The Kier molecular flexibility index (Phi) is 4.09. The van der Waals surface area contributed by atoms with E-state index in [1.54, 1.807) is 18.2 Å². The second-order valence-electron chi connectivity index (χ2n) is 5.69. The molecule has 0 bridgehead atoms. The summed E-state index contributed by atoms with van der Waals surface area (Å²) in [6.07, 6.45) is 2.66. The minimum absolute atomic E-state index is 0.0390. The van der Waals surface area contributed by atoms with Gasteiger partial charge in [-0.2, -0.15) is 0 Å². The second kappa shape index (κ2) is 6.17. The Bertz CT molecular complexity index is 627. The second-order valence-corrected chi connectivity index (χ2v) is 5.69. The van der Waals surface area contributed by atoms with Crippen LogP contribution >= 0.6 is 0 Å². The van der Waals surface area contributed by atoms with Crippen LogP contribution < -0.4 is 10.6 Å². The van der Waals surface area contributed by atoms with E-state index in [1.165, 1.54) is 0 Å². The van der Waals surface area contributed by atoms with E-state index in [-0.39, 0.29) is 17.7 Å². The van der Waals surface area contributed by atoms with Gasteiger partial charge in [-0.1, -0.05) is 0 Å². The standard InChI is InChI=1S/C16H19N3O3/c20-14-10-12-9-11(4-5-13(12)18-14)16(22)17-6-2-8-19-7-1-3-15(19)21/h4-5,9H,1-3,6-8,10H2,(H,17,22)(H,18,20). The first-order valence-corrected chi connectivity index (χ1v) is 7.62. The Morgan fingerprint density at radius 2 is 2.18 bits per heavy atom. The average molecular weight is 301 g/mol. The Labute approximate surface area is 128 Å². The molecule has 1 aromatic carbocycles. The molecule has 0 aliphatic carbocycles. The predicted octanol–water partition coefficient (Wildman–Crippen LogP) is 0.923. The van der Waals surface area contributed by atoms with E-state index in [0.29, 0.717) is 31.5 Å². The maximum atomic E-state index is 12.1. The van der Waals surface area contributed by atoms with Crippen LogP contribution in [-0.4, -0.2) is 42.3 Å². The molecule has 1 fully saturated rings. The van der Waals surface area contributed by atoms with Crippen molar-refractivity contribution < 1.29 is 14.4 Å². The summed E-state index contributed by atoms with van der Waals surface area (Å²) >= 11 is 0. The van der Waals surface area contributed by atoms with Crippen LogP contribution in [0.25, 0.3) is 0 Å². The van der Waals surface area contributed by atoms with E-state index in [4.69, 9.17) is 0 Å². The van der Waals surface area contributed by atoms with Gasteiger partial charge >= 0.3 is 0 Å². The van der Waals surface area contributed by atoms with Gasteiger partial charge in [-0.05, 0) is 36.6 Å². The normalized spacial score (nSPS) is 16.6. The minimum atomic E-state index is -0.144. The number of amides is 3. The minimum Gasteiger partial charge on any atom is -0.352 e. The summed E-state index contributed by atoms with van der Waals surface area (Å²) in [5.74, 6) is 0.0276. The number of carbonyl (C=O) groups is 3. The molecule has 1 aromatic rings. The third kappa shape index (κ3) is 3.10. The van der Waals surface area contributed by atoms with Gasteiger partial charge in [0.1, 0.15) is 0 Å². The summed E-state index contributed by atoms with van der Waals surface area (Å²) in [6.45, 7) is 2.07. The van der Waals surface area contributed by atoms with Gasteiger partial charge in [-0.15, -0.1) is 0 Å². The lowest BCUT2D eigenvalue weighted by Gasteiger charge is -2.15. The molecule has 6 heteroatoms. The summed E-state index contributed by atoms with van der Waals surface area (Å²) in [6, 6.07) is 5.23. The quantitative estimate of drug-likeness (QED) is 0.794. The molecular weight excluding hydrogens is 282 g/mol. The first-order chi connectivity index (χ1) is 10.6. The lowest BCUT2D eigenvalue weighted by molar-refractivity contribution is -0.127. The molecule has 2 aliphatic heterocycles. The van der Waals surface area contributed by atoms with E-state index >= 15 is 0 Å². The fourth-order valence-electron chi connectivity index (χ4n) is 2.88. The van der Waals surface area contributed by atoms with Crippen LogP contribution in [0, 0.1) is 0 Å². The van der Waals surface area contributed by atoms with E-state index in [0.717, 1.165) is 30.6 Å². The SMILES string of the molecule is O=C1Cc2cc(C(=O)NCCCN3CCCC3=O)ccc2N1. The molecule has 2 aliphatic rings. The van der Waals surface area contributed by atoms with Crippen molar-refractivity contribution in [3.8, 4) is 0 Å². The van der Waals surface area contributed by atoms with Gasteiger partial charge in [-0.3, -0.25) is 14.4 Å². The molecule has 0 atom stereocenters. The zero-order chi connectivity index (χ0) is 15.5. The Morgan fingerprint density at radius 3 is 2.95 bits per heavy atom. The monoisotopic (exact) mass is 301 g/mol. The van der Waals surface area contributed by atoms with Gasteiger partial charge in [0, 0.05) is 37.3 Å². The van der Waals surface area contributed by atoms with Gasteiger partial charge in [0.05, 0.1) is 6.42 Å². The zero-order valence-corrected chi connectivity index (χ0v) is 12.4. The lowest BCUT2D eigenvalue weighted by atomic mass is 10.1. The summed E-state index contributed by atoms with van der Waals surface area (Å²) in [7, 11) is 0. The number of carbonyl (C=O) groups excluding carboxylic acids is 3. The Hall–Kier alpha value is -2.37. The van der Waals surface area contributed by atoms with E-state index in [2.05, 4.69) is 10.6 Å². The van der Waals surface area contributed by atoms with Crippen molar-refractivity contribution >= 4 is 23.4 Å². The van der Waals surface area contributed by atoms with Crippen LogP contribution in [0.15, 0.2) is 18.2 Å². The molecule has 0 unspecified atom stereocenters. The molecule has 3 amide bonds. The van der Waals surface area contributed by atoms with E-state index in [1.807, 2.05) is 4.90 Å². The highest BCUT2D eigenvalue weighted by Crippen LogP contribution is 2.23. The zero-order valence-electron chi connectivity index (χ0n) is 12.4. The van der Waals surface area contributed by atoms with Gasteiger partial charge in [0.15, 0.2) is 0 Å². The van der Waals surface area contributed by atoms with E-state index in [9.17, 15) is 14.4 Å². The summed E-state index contributed by atoms with van der Waals surface area (Å²) < 4.78 is 0. The summed E-state index contributed by atoms with van der Waals surface area (Å²) in [5.41, 5.74) is 2.21. The van der Waals surface area contributed by atoms with Crippen LogP contribution in [0.1, 0.15) is 35.2 Å². The number of hydrogen-bond donors (Lipinski definition) is 2. The van der Waals surface area contributed by atoms with Gasteiger partial charge in [0.2, 0.25) is 11.8 Å². The molecule has 0 saturated carbocycles. The molecule has 116 valence electrons. The first-order valence-electron chi connectivity index (χ1n) is 7.62. The fourth-order valence-corrected chi connectivity index (χ4v) is 2.88. The smallest absolute Gasteiger partial charge is 0.251 e. The van der Waals surface area contributed by atoms with Crippen molar-refractivity contribution in [2.24, 2.45) is 0 Å². The summed E-state index contributed by atoms with van der Waals surface area (Å²) in [4.78, 5) is 36.7. The Morgan fingerprint density at radius 1 is 1.32 bits per heavy atom. The third-order valence-corrected chi connectivity index (χ3v) is 4.05. The highest BCUT2D eigenvalue weighted by atomic mass is 16.2. The maximum absolute atomic E-state index is 12.1. The number of fused-ring (bicyclic) bond motifs is 1. The van der Waals surface area contributed by atoms with Crippen LogP contribution in [0.4, 0.5) is 5.69 Å². The van der Waals surface area contributed by atoms with Gasteiger partial charge < -0.3 is 15.5 Å². The average Bonchev–Trinajstić information content (AvgIpc) is 3.07. The third-order valence-electron chi connectivity index (χ3n) is 4.05. The highest BCUT2D eigenvalue weighted by molar-refractivity contribution is 6.01. The van der Waals surface area contributed by atoms with Crippen molar-refractivity contribution in [2.75, 3.05) is 25.0 Å². The predicted molar refractivity (Wildman–Crippen MR) is 81.5 cm³/mol. The molecule has 0 aromatic heterocycles. The van der Waals surface area contributed by atoms with Crippen molar-refractivity contribution in [1.29, 1.82) is 0 Å². The number of nitrogens with zero attached hydrogens (tertiary/aromatic N) is 1. The molecule has 1 saturated heterocycles. The summed E-state index contributed by atoms with van der Waals surface area (Å²) in [5, 5.41) is 5.60. The molecule has 0 radical (unpaired) electrons. The van der Waals surface area contributed by atoms with Crippen LogP contribution in [-0.2, 0) is 16.0 Å². The van der Waals surface area contributed by atoms with Crippen LogP contribution in [0.3, 0.4) is 0 Å². The van der Waals surface area contributed by atoms with E-state index < -0.39 is 0 Å². The number of likely N-dealkylation sites (tertiary alicyclic amines) is 1. The van der Waals surface area contributed by atoms with Crippen molar-refractivity contribution in [2.45, 2.75) is 25.7 Å². The number of benzene rings is 1. The maximum Gasteiger partial charge on any atom is 0.251 e. The lowest BCUT2D eigenvalue weighted by Crippen LogP contribution is -2.30. The fraction of sp³-hybridized carbons (Fsp3) is 0.438. The number of nitrogens with one attached hydrogen (secondary N) is 2. The van der Waals surface area contributed by atoms with Crippen molar-refractivity contribution in [3.05, 3.63) is 29.3 Å². The molecule has 2 heterocycles. The van der Waals surface area contributed by atoms with Crippen molar-refractivity contribution in [3.63, 3.8) is 0 Å². The van der Waals surface area contributed by atoms with Gasteiger partial charge in [0.25, 0.3) is 5.91 Å². The molecular formula is C16H19N3O3.